The molecule has 7 nitrogen and oxygen atoms in total. The molecule has 1 aliphatic carbocycles. The summed E-state index contributed by atoms with van der Waals surface area (Å²) in [6.45, 7) is 0.729. The lowest BCUT2D eigenvalue weighted by molar-refractivity contribution is -0.151. The molecular weight excluding hydrogens is 346 g/mol. The van der Waals surface area contributed by atoms with E-state index in [2.05, 4.69) is 4.98 Å². The van der Waals surface area contributed by atoms with E-state index in [0.717, 1.165) is 31.4 Å². The zero-order valence-corrected chi connectivity index (χ0v) is 15.3. The summed E-state index contributed by atoms with van der Waals surface area (Å²) in [5, 5.41) is 9.64. The fourth-order valence-corrected chi connectivity index (χ4v) is 4.99. The van der Waals surface area contributed by atoms with Crippen LogP contribution in [-0.2, 0) is 20.9 Å². The monoisotopic (exact) mass is 371 g/mol. The molecule has 0 aromatic carbocycles. The number of carboxylic acids is 1. The molecule has 27 heavy (non-hydrogen) atoms. The van der Waals surface area contributed by atoms with Gasteiger partial charge in [-0.25, -0.2) is 4.79 Å². The summed E-state index contributed by atoms with van der Waals surface area (Å²) < 4.78 is 0. The quantitative estimate of drug-likeness (QED) is 0.869. The standard InChI is InChI=1S/C20H25N3O4/c24-18-10-14(11-22(18)12-15-6-3-4-8-21-15)19(25)23-16-7-2-1-5-13(16)9-17(23)20(26)27/h3-4,6,8,13-14,16-17H,1-2,5,7,9-12H2,(H,26,27)/t13-,14-,16-,17-/m0/s1. The Bertz CT molecular complexity index is 738. The number of pyridine rings is 1. The van der Waals surface area contributed by atoms with Gasteiger partial charge in [-0.05, 0) is 37.3 Å². The molecule has 0 bridgehead atoms. The van der Waals surface area contributed by atoms with Gasteiger partial charge in [0.05, 0.1) is 18.2 Å². The number of hydrogen-bond acceptors (Lipinski definition) is 4. The number of carboxylic acid groups (broad SMARTS) is 1. The van der Waals surface area contributed by atoms with Crippen molar-refractivity contribution < 1.29 is 19.5 Å². The van der Waals surface area contributed by atoms with Crippen molar-refractivity contribution in [3.8, 4) is 0 Å². The van der Waals surface area contributed by atoms with Gasteiger partial charge in [0.1, 0.15) is 6.04 Å². The number of aliphatic carboxylic acids is 1. The number of amides is 2. The summed E-state index contributed by atoms with van der Waals surface area (Å²) >= 11 is 0. The highest BCUT2D eigenvalue weighted by Gasteiger charge is 2.50. The number of nitrogens with zero attached hydrogens (tertiary/aromatic N) is 3. The summed E-state index contributed by atoms with van der Waals surface area (Å²) in [4.78, 5) is 44.9. The molecule has 1 aromatic rings. The lowest BCUT2D eigenvalue weighted by Gasteiger charge is -2.34. The Hall–Kier alpha value is -2.44. The van der Waals surface area contributed by atoms with E-state index in [9.17, 15) is 19.5 Å². The molecule has 1 saturated carbocycles. The van der Waals surface area contributed by atoms with Crippen LogP contribution in [0.2, 0.25) is 0 Å². The van der Waals surface area contributed by atoms with Crippen molar-refractivity contribution in [3.63, 3.8) is 0 Å². The summed E-state index contributed by atoms with van der Waals surface area (Å²) in [7, 11) is 0. The molecular formula is C20H25N3O4. The zero-order chi connectivity index (χ0) is 19.0. The number of rotatable bonds is 4. The first kappa shape index (κ1) is 17.9. The maximum atomic E-state index is 13.2. The summed E-state index contributed by atoms with van der Waals surface area (Å²) in [5.74, 6) is -1.32. The molecule has 4 rings (SSSR count). The number of fused-ring (bicyclic) bond motifs is 1. The van der Waals surface area contributed by atoms with Gasteiger partial charge in [-0.15, -0.1) is 0 Å². The molecule has 144 valence electrons. The average molecular weight is 371 g/mol. The van der Waals surface area contributed by atoms with Crippen molar-refractivity contribution in [2.75, 3.05) is 6.54 Å². The van der Waals surface area contributed by atoms with Crippen LogP contribution in [0, 0.1) is 11.8 Å². The van der Waals surface area contributed by atoms with Crippen molar-refractivity contribution in [1.29, 1.82) is 0 Å². The van der Waals surface area contributed by atoms with Gasteiger partial charge < -0.3 is 14.9 Å². The normalized spacial score (nSPS) is 30.4. The number of likely N-dealkylation sites (tertiary alicyclic amines) is 2. The highest BCUT2D eigenvalue weighted by Crippen LogP contribution is 2.41. The second-order valence-electron chi connectivity index (χ2n) is 7.94. The van der Waals surface area contributed by atoms with Gasteiger partial charge >= 0.3 is 5.97 Å². The maximum Gasteiger partial charge on any atom is 0.326 e. The predicted octanol–water partition coefficient (Wildman–Crippen LogP) is 1.67. The van der Waals surface area contributed by atoms with Crippen molar-refractivity contribution >= 4 is 17.8 Å². The number of carbonyl (C=O) groups is 3. The largest absolute Gasteiger partial charge is 0.480 e. The fraction of sp³-hybridized carbons (Fsp3) is 0.600. The van der Waals surface area contributed by atoms with Gasteiger partial charge in [-0.1, -0.05) is 18.9 Å². The minimum absolute atomic E-state index is 0.0206. The maximum absolute atomic E-state index is 13.2. The first-order valence-corrected chi connectivity index (χ1v) is 9.77. The third-order valence-corrected chi connectivity index (χ3v) is 6.27. The minimum atomic E-state index is -0.924. The first-order valence-electron chi connectivity index (χ1n) is 9.77. The van der Waals surface area contributed by atoms with E-state index in [1.165, 1.54) is 0 Å². The second kappa shape index (κ2) is 7.29. The van der Waals surface area contributed by atoms with Crippen molar-refractivity contribution in [2.24, 2.45) is 11.8 Å². The van der Waals surface area contributed by atoms with Crippen LogP contribution in [0.1, 0.15) is 44.2 Å². The molecule has 1 N–H and O–H groups in total. The van der Waals surface area contributed by atoms with Crippen molar-refractivity contribution in [2.45, 2.75) is 57.2 Å². The lowest BCUT2D eigenvalue weighted by Crippen LogP contribution is -2.49. The van der Waals surface area contributed by atoms with Gasteiger partial charge in [0.15, 0.2) is 0 Å². The Morgan fingerprint density at radius 3 is 2.78 bits per heavy atom. The molecule has 0 unspecified atom stereocenters. The van der Waals surface area contributed by atoms with E-state index in [1.54, 1.807) is 16.0 Å². The van der Waals surface area contributed by atoms with Gasteiger partial charge in [0.25, 0.3) is 0 Å². The average Bonchev–Trinajstić information content (AvgIpc) is 3.23. The minimum Gasteiger partial charge on any atom is -0.480 e. The topological polar surface area (TPSA) is 90.8 Å². The van der Waals surface area contributed by atoms with Crippen LogP contribution >= 0.6 is 0 Å². The molecule has 2 saturated heterocycles. The van der Waals surface area contributed by atoms with Crippen LogP contribution in [0.4, 0.5) is 0 Å². The van der Waals surface area contributed by atoms with E-state index in [-0.39, 0.29) is 30.2 Å². The molecule has 0 radical (unpaired) electrons. The highest BCUT2D eigenvalue weighted by atomic mass is 16.4. The summed E-state index contributed by atoms with van der Waals surface area (Å²) in [6, 6.07) is 4.83. The van der Waals surface area contributed by atoms with Crippen LogP contribution in [0.5, 0.6) is 0 Å². The Balaban J connectivity index is 1.48. The molecule has 3 heterocycles. The van der Waals surface area contributed by atoms with Gasteiger partial charge in [-0.3, -0.25) is 14.6 Å². The van der Waals surface area contributed by atoms with E-state index in [4.69, 9.17) is 0 Å². The Morgan fingerprint density at radius 1 is 1.22 bits per heavy atom. The molecule has 7 heteroatoms. The molecule has 1 aromatic heterocycles. The third-order valence-electron chi connectivity index (χ3n) is 6.27. The van der Waals surface area contributed by atoms with Crippen LogP contribution in [0.25, 0.3) is 0 Å². The van der Waals surface area contributed by atoms with E-state index in [1.807, 2.05) is 18.2 Å². The molecule has 0 spiro atoms. The first-order chi connectivity index (χ1) is 13.0. The van der Waals surface area contributed by atoms with E-state index in [0.29, 0.717) is 19.5 Å². The molecule has 2 aliphatic heterocycles. The number of carbonyl (C=O) groups excluding carboxylic acids is 2. The van der Waals surface area contributed by atoms with Crippen molar-refractivity contribution in [1.82, 2.24) is 14.8 Å². The zero-order valence-electron chi connectivity index (χ0n) is 15.3. The van der Waals surface area contributed by atoms with Crippen LogP contribution < -0.4 is 0 Å². The third kappa shape index (κ3) is 3.42. The van der Waals surface area contributed by atoms with Gasteiger partial charge in [-0.2, -0.15) is 0 Å². The van der Waals surface area contributed by atoms with Crippen LogP contribution in [0.3, 0.4) is 0 Å². The van der Waals surface area contributed by atoms with Crippen molar-refractivity contribution in [3.05, 3.63) is 30.1 Å². The van der Waals surface area contributed by atoms with Gasteiger partial charge in [0, 0.05) is 25.2 Å². The molecule has 3 aliphatic rings. The Morgan fingerprint density at radius 2 is 2.04 bits per heavy atom. The lowest BCUT2D eigenvalue weighted by atomic mass is 9.84. The number of aromatic nitrogens is 1. The highest BCUT2D eigenvalue weighted by molar-refractivity contribution is 5.92. The number of hydrogen-bond donors (Lipinski definition) is 1. The fourth-order valence-electron chi connectivity index (χ4n) is 4.99. The predicted molar refractivity (Wildman–Crippen MR) is 96.4 cm³/mol. The van der Waals surface area contributed by atoms with Crippen LogP contribution in [-0.4, -0.2) is 56.3 Å². The van der Waals surface area contributed by atoms with E-state index >= 15 is 0 Å². The second-order valence-corrected chi connectivity index (χ2v) is 7.94. The Kier molecular flexibility index (Phi) is 4.85. The van der Waals surface area contributed by atoms with E-state index < -0.39 is 17.9 Å². The molecule has 2 amide bonds. The summed E-state index contributed by atoms with van der Waals surface area (Å²) in [5.41, 5.74) is 0.788. The van der Waals surface area contributed by atoms with Crippen LogP contribution in [0.15, 0.2) is 24.4 Å². The smallest absolute Gasteiger partial charge is 0.326 e. The SMILES string of the molecule is O=C(O)[C@@H]1C[C@@H]2CCCC[C@@H]2N1C(=O)[C@H]1CC(=O)N(Cc2ccccn2)C1. The summed E-state index contributed by atoms with van der Waals surface area (Å²) in [6.07, 6.45) is 6.40. The Labute approximate surface area is 158 Å². The molecule has 4 atom stereocenters. The molecule has 3 fully saturated rings. The van der Waals surface area contributed by atoms with Gasteiger partial charge in [0.2, 0.25) is 11.8 Å².